The van der Waals surface area contributed by atoms with E-state index in [1.165, 1.54) is 10.8 Å². The molecule has 1 fully saturated rings. The van der Waals surface area contributed by atoms with Gasteiger partial charge in [-0.3, -0.25) is 9.78 Å². The summed E-state index contributed by atoms with van der Waals surface area (Å²) in [5.41, 5.74) is 2.94. The highest BCUT2D eigenvalue weighted by atomic mass is 35.5. The highest BCUT2D eigenvalue weighted by molar-refractivity contribution is 6.30. The van der Waals surface area contributed by atoms with Gasteiger partial charge in [-0.1, -0.05) is 54.1 Å². The third-order valence-corrected chi connectivity index (χ3v) is 4.68. The third kappa shape index (κ3) is 3.42. The predicted octanol–water partition coefficient (Wildman–Crippen LogP) is 4.60. The predicted molar refractivity (Wildman–Crippen MR) is 101 cm³/mol. The first-order valence-corrected chi connectivity index (χ1v) is 8.69. The second-order valence-electron chi connectivity index (χ2n) is 6.22. The molecule has 1 N–H and O–H groups in total. The van der Waals surface area contributed by atoms with Gasteiger partial charge in [-0.05, 0) is 41.0 Å². The molecule has 0 radical (unpaired) electrons. The largest absolute Gasteiger partial charge is 0.350 e. The van der Waals surface area contributed by atoms with Gasteiger partial charge >= 0.3 is 0 Å². The van der Waals surface area contributed by atoms with E-state index in [9.17, 15) is 4.79 Å². The Kier molecular flexibility index (Phi) is 4.24. The monoisotopic (exact) mass is 348 g/mol. The number of pyridine rings is 1. The van der Waals surface area contributed by atoms with Crippen molar-refractivity contribution in [3.8, 4) is 0 Å². The summed E-state index contributed by atoms with van der Waals surface area (Å²) in [7, 11) is 0. The summed E-state index contributed by atoms with van der Waals surface area (Å²) < 4.78 is 0. The maximum atomic E-state index is 11.6. The zero-order chi connectivity index (χ0) is 17.2. The Hall–Kier alpha value is -2.65. The van der Waals surface area contributed by atoms with E-state index in [1.54, 1.807) is 6.20 Å². The second-order valence-corrected chi connectivity index (χ2v) is 6.65. The van der Waals surface area contributed by atoms with Gasteiger partial charge in [0.05, 0.1) is 10.7 Å². The maximum absolute atomic E-state index is 11.6. The molecule has 1 aliphatic heterocycles. The Morgan fingerprint density at radius 2 is 1.96 bits per heavy atom. The van der Waals surface area contributed by atoms with Gasteiger partial charge in [-0.2, -0.15) is 0 Å². The van der Waals surface area contributed by atoms with E-state index < -0.39 is 0 Å². The fourth-order valence-corrected chi connectivity index (χ4v) is 3.30. The quantitative estimate of drug-likeness (QED) is 0.751. The third-order valence-electron chi connectivity index (χ3n) is 4.46. The van der Waals surface area contributed by atoms with Crippen LogP contribution in [0.2, 0.25) is 5.02 Å². The summed E-state index contributed by atoms with van der Waals surface area (Å²) >= 11 is 5.99. The molecule has 0 spiro atoms. The molecule has 1 aliphatic rings. The van der Waals surface area contributed by atoms with Crippen LogP contribution in [0.1, 0.15) is 24.1 Å². The van der Waals surface area contributed by atoms with Crippen LogP contribution < -0.4 is 5.32 Å². The van der Waals surface area contributed by atoms with Gasteiger partial charge in [-0.25, -0.2) is 0 Å². The summed E-state index contributed by atoms with van der Waals surface area (Å²) in [5, 5.41) is 5.98. The number of aromatic nitrogens is 1. The van der Waals surface area contributed by atoms with Crippen molar-refractivity contribution in [1.82, 2.24) is 10.3 Å². The van der Waals surface area contributed by atoms with Gasteiger partial charge in [0.2, 0.25) is 5.91 Å². The van der Waals surface area contributed by atoms with Gasteiger partial charge in [0.25, 0.3) is 0 Å². The van der Waals surface area contributed by atoms with Crippen LogP contribution in [0, 0.1) is 0 Å². The lowest BCUT2D eigenvalue weighted by atomic mass is 9.96. The molecule has 0 aliphatic carbocycles. The van der Waals surface area contributed by atoms with Crippen molar-refractivity contribution < 1.29 is 4.79 Å². The summed E-state index contributed by atoms with van der Waals surface area (Å²) in [6.07, 6.45) is 5.13. The summed E-state index contributed by atoms with van der Waals surface area (Å²) in [6, 6.07) is 18.4. The fraction of sp³-hybridized carbons (Fsp3) is 0.143. The van der Waals surface area contributed by atoms with E-state index in [2.05, 4.69) is 46.7 Å². The Bertz CT molecular complexity index is 963. The van der Waals surface area contributed by atoms with Crippen LogP contribution in [-0.2, 0) is 4.79 Å². The van der Waals surface area contributed by atoms with Crippen LogP contribution >= 0.6 is 11.6 Å². The SMILES string of the molecule is O=C1CC[C@H](/C=C(\c2ccc3ccccc3c2)c2ccc(Cl)cn2)N1. The van der Waals surface area contributed by atoms with Gasteiger partial charge in [0.1, 0.15) is 0 Å². The van der Waals surface area contributed by atoms with Crippen molar-refractivity contribution in [1.29, 1.82) is 0 Å². The normalized spacial score (nSPS) is 17.7. The minimum atomic E-state index is 0.0337. The number of rotatable bonds is 3. The van der Waals surface area contributed by atoms with Crippen LogP contribution in [0.4, 0.5) is 0 Å². The molecule has 1 aromatic heterocycles. The molecule has 124 valence electrons. The minimum Gasteiger partial charge on any atom is -0.350 e. The highest BCUT2D eigenvalue weighted by Gasteiger charge is 2.20. The van der Waals surface area contributed by atoms with Gasteiger partial charge in [0, 0.05) is 24.2 Å². The number of fused-ring (bicyclic) bond motifs is 1. The topological polar surface area (TPSA) is 42.0 Å². The first-order valence-electron chi connectivity index (χ1n) is 8.31. The van der Waals surface area contributed by atoms with E-state index in [0.29, 0.717) is 11.4 Å². The van der Waals surface area contributed by atoms with E-state index in [4.69, 9.17) is 11.6 Å². The van der Waals surface area contributed by atoms with Crippen LogP contribution in [0.15, 0.2) is 66.9 Å². The van der Waals surface area contributed by atoms with Crippen LogP contribution in [0.3, 0.4) is 0 Å². The average Bonchev–Trinajstić information content (AvgIpc) is 3.05. The Morgan fingerprint density at radius 1 is 1.12 bits per heavy atom. The van der Waals surface area contributed by atoms with E-state index in [0.717, 1.165) is 23.3 Å². The molecule has 4 heteroatoms. The number of amides is 1. The highest BCUT2D eigenvalue weighted by Crippen LogP contribution is 2.28. The van der Waals surface area contributed by atoms with Crippen molar-refractivity contribution in [2.45, 2.75) is 18.9 Å². The van der Waals surface area contributed by atoms with Crippen molar-refractivity contribution in [3.05, 3.63) is 83.2 Å². The lowest BCUT2D eigenvalue weighted by Crippen LogP contribution is -2.23. The number of nitrogens with zero attached hydrogens (tertiary/aromatic N) is 1. The minimum absolute atomic E-state index is 0.0337. The molecule has 3 nitrogen and oxygen atoms in total. The zero-order valence-corrected chi connectivity index (χ0v) is 14.3. The molecular weight excluding hydrogens is 332 g/mol. The summed E-state index contributed by atoms with van der Waals surface area (Å²) in [5.74, 6) is 0.100. The van der Waals surface area contributed by atoms with Gasteiger partial charge in [-0.15, -0.1) is 0 Å². The number of hydrogen-bond acceptors (Lipinski definition) is 2. The molecule has 2 heterocycles. The molecular formula is C21H17ClN2O. The van der Waals surface area contributed by atoms with Gasteiger partial charge < -0.3 is 5.32 Å². The van der Waals surface area contributed by atoms with Crippen LogP contribution in [0.25, 0.3) is 16.3 Å². The van der Waals surface area contributed by atoms with Crippen molar-refractivity contribution in [2.75, 3.05) is 0 Å². The number of carbonyl (C=O) groups is 1. The second kappa shape index (κ2) is 6.69. The Balaban J connectivity index is 1.81. The Labute approximate surface area is 151 Å². The Morgan fingerprint density at radius 3 is 2.68 bits per heavy atom. The number of halogens is 1. The molecule has 25 heavy (non-hydrogen) atoms. The number of carbonyl (C=O) groups excluding carboxylic acids is 1. The molecule has 1 amide bonds. The average molecular weight is 349 g/mol. The first-order chi connectivity index (χ1) is 12.2. The van der Waals surface area contributed by atoms with Crippen molar-refractivity contribution >= 4 is 33.9 Å². The first kappa shape index (κ1) is 15.9. The number of benzene rings is 2. The maximum Gasteiger partial charge on any atom is 0.220 e. The molecule has 0 unspecified atom stereocenters. The van der Waals surface area contributed by atoms with Gasteiger partial charge in [0.15, 0.2) is 0 Å². The van der Waals surface area contributed by atoms with E-state index in [-0.39, 0.29) is 11.9 Å². The molecule has 1 atom stereocenters. The summed E-state index contributed by atoms with van der Waals surface area (Å²) in [4.78, 5) is 16.0. The molecule has 0 bridgehead atoms. The standard InChI is InChI=1S/C21H17ClN2O/c22-17-7-9-20(23-13-17)19(12-18-8-10-21(25)24-18)16-6-5-14-3-1-2-4-15(14)11-16/h1-7,9,11-13,18H,8,10H2,(H,24,25)/b19-12+/t18-/m1/s1. The van der Waals surface area contributed by atoms with E-state index in [1.807, 2.05) is 24.3 Å². The number of nitrogens with one attached hydrogen (secondary N) is 1. The van der Waals surface area contributed by atoms with Crippen LogP contribution in [-0.4, -0.2) is 16.9 Å². The lowest BCUT2D eigenvalue weighted by molar-refractivity contribution is -0.119. The van der Waals surface area contributed by atoms with Crippen LogP contribution in [0.5, 0.6) is 0 Å². The van der Waals surface area contributed by atoms with Crippen molar-refractivity contribution in [2.24, 2.45) is 0 Å². The smallest absolute Gasteiger partial charge is 0.220 e. The lowest BCUT2D eigenvalue weighted by Gasteiger charge is -2.12. The van der Waals surface area contributed by atoms with E-state index >= 15 is 0 Å². The molecule has 1 saturated heterocycles. The molecule has 4 rings (SSSR count). The fourth-order valence-electron chi connectivity index (χ4n) is 3.19. The summed E-state index contributed by atoms with van der Waals surface area (Å²) in [6.45, 7) is 0. The molecule has 2 aromatic carbocycles. The van der Waals surface area contributed by atoms with Crippen molar-refractivity contribution in [3.63, 3.8) is 0 Å². The molecule has 0 saturated carbocycles. The zero-order valence-electron chi connectivity index (χ0n) is 13.6. The number of hydrogen-bond donors (Lipinski definition) is 1. The molecule has 3 aromatic rings.